The molecule has 1 aliphatic heterocycles. The van der Waals surface area contributed by atoms with Crippen molar-refractivity contribution in [2.45, 2.75) is 12.5 Å². The van der Waals surface area contributed by atoms with Gasteiger partial charge in [0, 0.05) is 44.3 Å². The molecule has 1 fully saturated rings. The molecule has 1 aliphatic rings. The third-order valence-electron chi connectivity index (χ3n) is 4.39. The fourth-order valence-electron chi connectivity index (χ4n) is 3.06. The number of carboxylic acids is 1. The Hall–Kier alpha value is -3.16. The van der Waals surface area contributed by atoms with Gasteiger partial charge in [0.2, 0.25) is 6.41 Å². The summed E-state index contributed by atoms with van der Waals surface area (Å²) < 4.78 is 0. The highest BCUT2D eigenvalue weighted by Gasteiger charge is 2.21. The molecule has 1 atom stereocenters. The van der Waals surface area contributed by atoms with Crippen LogP contribution in [0.4, 0.5) is 11.5 Å². The summed E-state index contributed by atoms with van der Waals surface area (Å²) in [5.41, 5.74) is 1.70. The summed E-state index contributed by atoms with van der Waals surface area (Å²) in [7, 11) is 0. The van der Waals surface area contributed by atoms with Crippen molar-refractivity contribution in [1.82, 2.24) is 15.3 Å². The molecule has 0 saturated carbocycles. The van der Waals surface area contributed by atoms with E-state index in [0.717, 1.165) is 37.7 Å². The fraction of sp³-hybridized carbons (Fsp3) is 0.333. The van der Waals surface area contributed by atoms with E-state index in [1.54, 1.807) is 18.5 Å². The Bertz CT molecular complexity index is 748. The summed E-state index contributed by atoms with van der Waals surface area (Å²) in [4.78, 5) is 34.9. The monoisotopic (exact) mass is 355 g/mol. The second-order valence-corrected chi connectivity index (χ2v) is 6.04. The Morgan fingerprint density at radius 3 is 2.50 bits per heavy atom. The second-order valence-electron chi connectivity index (χ2n) is 6.04. The highest BCUT2D eigenvalue weighted by Crippen LogP contribution is 2.21. The van der Waals surface area contributed by atoms with Crippen LogP contribution in [0.3, 0.4) is 0 Å². The van der Waals surface area contributed by atoms with Gasteiger partial charge in [-0.3, -0.25) is 14.6 Å². The van der Waals surface area contributed by atoms with E-state index in [1.165, 1.54) is 0 Å². The average Bonchev–Trinajstić information content (AvgIpc) is 2.68. The quantitative estimate of drug-likeness (QED) is 0.717. The highest BCUT2D eigenvalue weighted by molar-refractivity contribution is 5.68. The minimum Gasteiger partial charge on any atom is -0.481 e. The molecular formula is C18H21N5O3. The number of pyridine rings is 2. The number of hydrogen-bond acceptors (Lipinski definition) is 6. The van der Waals surface area contributed by atoms with Gasteiger partial charge in [0.25, 0.3) is 0 Å². The molecule has 0 spiro atoms. The number of carbonyl (C=O) groups excluding carboxylic acids is 1. The van der Waals surface area contributed by atoms with E-state index in [-0.39, 0.29) is 6.42 Å². The van der Waals surface area contributed by atoms with Crippen LogP contribution in [0, 0.1) is 0 Å². The summed E-state index contributed by atoms with van der Waals surface area (Å²) in [6, 6.07) is 8.84. The van der Waals surface area contributed by atoms with Crippen LogP contribution in [0.1, 0.15) is 18.2 Å². The van der Waals surface area contributed by atoms with Crippen LogP contribution < -0.4 is 15.1 Å². The number of anilines is 2. The third kappa shape index (κ3) is 4.27. The van der Waals surface area contributed by atoms with Crippen LogP contribution in [0.5, 0.6) is 0 Å². The molecule has 0 aromatic carbocycles. The maximum atomic E-state index is 11.0. The standard InChI is InChI=1S/C18H21N5O3/c24-13-20-16(12-18(25)26)15-2-1-3-17(21-15)23-10-8-22(9-11-23)14-4-6-19-7-5-14/h1-7,13,16H,8-12H2,(H,20,24)(H,25,26). The molecule has 136 valence electrons. The fourth-order valence-corrected chi connectivity index (χ4v) is 3.06. The van der Waals surface area contributed by atoms with Crippen molar-refractivity contribution in [2.75, 3.05) is 36.0 Å². The molecule has 2 aromatic rings. The number of nitrogens with zero attached hydrogens (tertiary/aromatic N) is 4. The zero-order chi connectivity index (χ0) is 18.4. The number of nitrogens with one attached hydrogen (secondary N) is 1. The number of carbonyl (C=O) groups is 2. The van der Waals surface area contributed by atoms with Gasteiger partial charge < -0.3 is 20.2 Å². The summed E-state index contributed by atoms with van der Waals surface area (Å²) in [6.45, 7) is 3.34. The van der Waals surface area contributed by atoms with E-state index in [2.05, 4.69) is 25.1 Å². The lowest BCUT2D eigenvalue weighted by Gasteiger charge is -2.36. The minimum atomic E-state index is -0.984. The van der Waals surface area contributed by atoms with Crippen molar-refractivity contribution in [3.8, 4) is 0 Å². The molecule has 3 rings (SSSR count). The maximum Gasteiger partial charge on any atom is 0.305 e. The SMILES string of the molecule is O=CNC(CC(=O)O)c1cccc(N2CCN(c3ccncc3)CC2)n1. The first-order valence-corrected chi connectivity index (χ1v) is 8.46. The summed E-state index contributed by atoms with van der Waals surface area (Å²) in [5.74, 6) is -0.192. The summed E-state index contributed by atoms with van der Waals surface area (Å²) >= 11 is 0. The van der Waals surface area contributed by atoms with E-state index in [0.29, 0.717) is 12.1 Å². The number of carboxylic acid groups (broad SMARTS) is 1. The van der Waals surface area contributed by atoms with E-state index >= 15 is 0 Å². The van der Waals surface area contributed by atoms with Gasteiger partial charge in [-0.05, 0) is 24.3 Å². The molecule has 26 heavy (non-hydrogen) atoms. The lowest BCUT2D eigenvalue weighted by atomic mass is 10.1. The van der Waals surface area contributed by atoms with Crippen molar-refractivity contribution in [1.29, 1.82) is 0 Å². The van der Waals surface area contributed by atoms with Crippen LogP contribution in [0.15, 0.2) is 42.7 Å². The first-order chi connectivity index (χ1) is 12.7. The Balaban J connectivity index is 1.69. The molecule has 2 aromatic heterocycles. The minimum absolute atomic E-state index is 0.203. The van der Waals surface area contributed by atoms with E-state index in [4.69, 9.17) is 5.11 Å². The lowest BCUT2D eigenvalue weighted by Crippen LogP contribution is -2.47. The van der Waals surface area contributed by atoms with Crippen LogP contribution in [-0.4, -0.2) is 53.6 Å². The predicted octanol–water partition coefficient (Wildman–Crippen LogP) is 1.06. The van der Waals surface area contributed by atoms with E-state index in [9.17, 15) is 9.59 Å². The van der Waals surface area contributed by atoms with Gasteiger partial charge in [0.05, 0.1) is 18.2 Å². The topological polar surface area (TPSA) is 98.7 Å². The van der Waals surface area contributed by atoms with Gasteiger partial charge in [-0.25, -0.2) is 4.98 Å². The summed E-state index contributed by atoms with van der Waals surface area (Å²) in [5, 5.41) is 11.6. The van der Waals surface area contributed by atoms with Gasteiger partial charge in [-0.1, -0.05) is 6.07 Å². The number of rotatable bonds is 7. The van der Waals surface area contributed by atoms with Crippen LogP contribution in [0.25, 0.3) is 0 Å². The van der Waals surface area contributed by atoms with Gasteiger partial charge >= 0.3 is 5.97 Å². The number of piperazine rings is 1. The smallest absolute Gasteiger partial charge is 0.305 e. The van der Waals surface area contributed by atoms with Crippen LogP contribution >= 0.6 is 0 Å². The van der Waals surface area contributed by atoms with Crippen LogP contribution in [-0.2, 0) is 9.59 Å². The molecule has 0 aliphatic carbocycles. The molecule has 1 amide bonds. The molecule has 8 nitrogen and oxygen atoms in total. The zero-order valence-corrected chi connectivity index (χ0v) is 14.3. The lowest BCUT2D eigenvalue weighted by molar-refractivity contribution is -0.137. The van der Waals surface area contributed by atoms with Crippen molar-refractivity contribution < 1.29 is 14.7 Å². The number of hydrogen-bond donors (Lipinski definition) is 2. The molecule has 1 unspecified atom stereocenters. The van der Waals surface area contributed by atoms with E-state index < -0.39 is 12.0 Å². The normalized spacial score (nSPS) is 15.4. The van der Waals surface area contributed by atoms with Crippen molar-refractivity contribution in [3.63, 3.8) is 0 Å². The Morgan fingerprint density at radius 1 is 1.15 bits per heavy atom. The summed E-state index contributed by atoms with van der Waals surface area (Å²) in [6.07, 6.45) is 3.88. The molecular weight excluding hydrogens is 334 g/mol. The van der Waals surface area contributed by atoms with Crippen molar-refractivity contribution in [2.24, 2.45) is 0 Å². The second kappa shape index (κ2) is 8.28. The van der Waals surface area contributed by atoms with Crippen LogP contribution in [0.2, 0.25) is 0 Å². The van der Waals surface area contributed by atoms with Gasteiger partial charge in [0.15, 0.2) is 0 Å². The van der Waals surface area contributed by atoms with E-state index in [1.807, 2.05) is 24.3 Å². The number of aromatic nitrogens is 2. The van der Waals surface area contributed by atoms with Gasteiger partial charge in [-0.15, -0.1) is 0 Å². The first-order valence-electron chi connectivity index (χ1n) is 8.46. The zero-order valence-electron chi connectivity index (χ0n) is 14.3. The molecule has 0 bridgehead atoms. The Labute approximate surface area is 151 Å². The Morgan fingerprint density at radius 2 is 1.85 bits per heavy atom. The average molecular weight is 355 g/mol. The highest BCUT2D eigenvalue weighted by atomic mass is 16.4. The first kappa shape index (κ1) is 17.7. The largest absolute Gasteiger partial charge is 0.481 e. The molecule has 0 radical (unpaired) electrons. The molecule has 2 N–H and O–H groups in total. The predicted molar refractivity (Wildman–Crippen MR) is 97.1 cm³/mol. The van der Waals surface area contributed by atoms with Gasteiger partial charge in [-0.2, -0.15) is 0 Å². The van der Waals surface area contributed by atoms with Gasteiger partial charge in [0.1, 0.15) is 5.82 Å². The third-order valence-corrected chi connectivity index (χ3v) is 4.39. The molecule has 8 heteroatoms. The molecule has 3 heterocycles. The number of amides is 1. The number of aliphatic carboxylic acids is 1. The van der Waals surface area contributed by atoms with Crippen molar-refractivity contribution >= 4 is 23.9 Å². The van der Waals surface area contributed by atoms with Crippen molar-refractivity contribution in [3.05, 3.63) is 48.4 Å². The Kier molecular flexibility index (Phi) is 5.62. The molecule has 1 saturated heterocycles. The maximum absolute atomic E-state index is 11.0.